The summed E-state index contributed by atoms with van der Waals surface area (Å²) in [4.78, 5) is 2.55. The minimum absolute atomic E-state index is 0.378. The van der Waals surface area contributed by atoms with Gasteiger partial charge in [0.05, 0.1) is 6.07 Å². The molecule has 1 aliphatic rings. The predicted octanol–water partition coefficient (Wildman–Crippen LogP) is 2.14. The summed E-state index contributed by atoms with van der Waals surface area (Å²) in [5.74, 6) is 0. The molecule has 3 atom stereocenters. The van der Waals surface area contributed by atoms with Gasteiger partial charge in [-0.1, -0.05) is 6.42 Å². The molecule has 1 saturated heterocycles. The molecule has 1 N–H and O–H groups in total. The lowest BCUT2D eigenvalue weighted by atomic mass is 9.94. The first kappa shape index (κ1) is 13.5. The van der Waals surface area contributed by atoms with Crippen molar-refractivity contribution in [3.63, 3.8) is 0 Å². The van der Waals surface area contributed by atoms with Crippen molar-refractivity contribution >= 4 is 0 Å². The maximum Gasteiger partial charge on any atom is 0.104 e. The average molecular weight is 223 g/mol. The van der Waals surface area contributed by atoms with Gasteiger partial charge in [-0.2, -0.15) is 5.26 Å². The SMILES string of the molecule is CNC(C)(C#N)CCN1[C@H](C)CCC[C@@H]1C. The molecule has 1 fully saturated rings. The summed E-state index contributed by atoms with van der Waals surface area (Å²) < 4.78 is 0. The zero-order chi connectivity index (χ0) is 12.2. The molecule has 0 aromatic heterocycles. The van der Waals surface area contributed by atoms with Crippen LogP contribution in [0.25, 0.3) is 0 Å². The van der Waals surface area contributed by atoms with Gasteiger partial charge < -0.3 is 5.32 Å². The summed E-state index contributed by atoms with van der Waals surface area (Å²) in [5.41, 5.74) is -0.378. The van der Waals surface area contributed by atoms with Gasteiger partial charge in [0.15, 0.2) is 0 Å². The molecule has 1 aliphatic heterocycles. The van der Waals surface area contributed by atoms with Gasteiger partial charge in [-0.25, -0.2) is 0 Å². The van der Waals surface area contributed by atoms with Gasteiger partial charge in [0, 0.05) is 18.6 Å². The molecule has 3 nitrogen and oxygen atoms in total. The topological polar surface area (TPSA) is 39.1 Å². The Kier molecular flexibility index (Phi) is 4.76. The van der Waals surface area contributed by atoms with Gasteiger partial charge in [0.25, 0.3) is 0 Å². The fourth-order valence-corrected chi connectivity index (χ4v) is 2.51. The van der Waals surface area contributed by atoms with Crippen LogP contribution in [0.1, 0.15) is 46.5 Å². The fourth-order valence-electron chi connectivity index (χ4n) is 2.51. The van der Waals surface area contributed by atoms with Crippen LogP contribution in [-0.4, -0.2) is 36.1 Å². The molecule has 0 saturated carbocycles. The van der Waals surface area contributed by atoms with Crippen molar-refractivity contribution in [1.29, 1.82) is 5.26 Å². The van der Waals surface area contributed by atoms with E-state index in [1.54, 1.807) is 0 Å². The number of likely N-dealkylation sites (tertiary alicyclic amines) is 1. The van der Waals surface area contributed by atoms with Crippen molar-refractivity contribution in [2.24, 2.45) is 0 Å². The first-order chi connectivity index (χ1) is 7.52. The normalized spacial score (nSPS) is 30.7. The third-order valence-corrected chi connectivity index (χ3v) is 4.04. The van der Waals surface area contributed by atoms with Crippen molar-refractivity contribution in [3.8, 4) is 6.07 Å². The van der Waals surface area contributed by atoms with Gasteiger partial charge in [0.2, 0.25) is 0 Å². The Balaban J connectivity index is 2.50. The monoisotopic (exact) mass is 223 g/mol. The summed E-state index contributed by atoms with van der Waals surface area (Å²) in [5, 5.41) is 12.2. The number of nitriles is 1. The van der Waals surface area contributed by atoms with Gasteiger partial charge >= 0.3 is 0 Å². The lowest BCUT2D eigenvalue weighted by molar-refractivity contribution is 0.0956. The molecule has 92 valence electrons. The molecule has 16 heavy (non-hydrogen) atoms. The van der Waals surface area contributed by atoms with Gasteiger partial charge in [0.1, 0.15) is 5.54 Å². The van der Waals surface area contributed by atoms with Crippen LogP contribution in [-0.2, 0) is 0 Å². The third-order valence-electron chi connectivity index (χ3n) is 4.04. The van der Waals surface area contributed by atoms with Crippen LogP contribution in [0.2, 0.25) is 0 Å². The van der Waals surface area contributed by atoms with Crippen LogP contribution in [0.5, 0.6) is 0 Å². The molecule has 1 heterocycles. The zero-order valence-electron chi connectivity index (χ0n) is 11.1. The van der Waals surface area contributed by atoms with Crippen LogP contribution >= 0.6 is 0 Å². The zero-order valence-corrected chi connectivity index (χ0v) is 11.1. The Labute approximate surface area is 99.8 Å². The van der Waals surface area contributed by atoms with Crippen molar-refractivity contribution < 1.29 is 0 Å². The molecule has 0 aromatic carbocycles. The van der Waals surface area contributed by atoms with Crippen LogP contribution in [0.4, 0.5) is 0 Å². The second-order valence-electron chi connectivity index (χ2n) is 5.31. The van der Waals surface area contributed by atoms with Crippen LogP contribution in [0, 0.1) is 11.3 Å². The minimum Gasteiger partial charge on any atom is -0.303 e. The molecule has 0 radical (unpaired) electrons. The molecule has 3 heteroatoms. The summed E-state index contributed by atoms with van der Waals surface area (Å²) in [6.45, 7) is 7.61. The largest absolute Gasteiger partial charge is 0.303 e. The minimum atomic E-state index is -0.378. The molecule has 0 aliphatic carbocycles. The Bertz CT molecular complexity index is 248. The standard InChI is InChI=1S/C13H25N3/c1-11-6-5-7-12(2)16(11)9-8-13(3,10-14)15-4/h11-12,15H,5-9H2,1-4H3/t11-,12+,13?. The van der Waals surface area contributed by atoms with E-state index in [0.29, 0.717) is 12.1 Å². The maximum absolute atomic E-state index is 9.12. The van der Waals surface area contributed by atoms with E-state index in [4.69, 9.17) is 5.26 Å². The van der Waals surface area contributed by atoms with E-state index >= 15 is 0 Å². The number of hydrogen-bond acceptors (Lipinski definition) is 3. The average Bonchev–Trinajstić information content (AvgIpc) is 2.28. The maximum atomic E-state index is 9.12. The number of nitrogens with zero attached hydrogens (tertiary/aromatic N) is 2. The summed E-state index contributed by atoms with van der Waals surface area (Å²) in [7, 11) is 1.87. The predicted molar refractivity (Wildman–Crippen MR) is 67.2 cm³/mol. The summed E-state index contributed by atoms with van der Waals surface area (Å²) in [6, 6.07) is 3.70. The first-order valence-electron chi connectivity index (χ1n) is 6.38. The summed E-state index contributed by atoms with van der Waals surface area (Å²) in [6.07, 6.45) is 4.84. The quantitative estimate of drug-likeness (QED) is 0.793. The fraction of sp³-hybridized carbons (Fsp3) is 0.923. The molecular weight excluding hydrogens is 198 g/mol. The third kappa shape index (κ3) is 3.20. The van der Waals surface area contributed by atoms with E-state index in [1.807, 2.05) is 14.0 Å². The van der Waals surface area contributed by atoms with Crippen LogP contribution in [0.15, 0.2) is 0 Å². The van der Waals surface area contributed by atoms with Crippen molar-refractivity contribution in [2.75, 3.05) is 13.6 Å². The van der Waals surface area contributed by atoms with Crippen molar-refractivity contribution in [2.45, 2.75) is 64.1 Å². The molecule has 0 bridgehead atoms. The Hall–Kier alpha value is -0.590. The Morgan fingerprint density at radius 2 is 1.94 bits per heavy atom. The number of rotatable bonds is 4. The molecular formula is C13H25N3. The molecule has 1 unspecified atom stereocenters. The van der Waals surface area contributed by atoms with E-state index in [1.165, 1.54) is 19.3 Å². The van der Waals surface area contributed by atoms with E-state index < -0.39 is 0 Å². The van der Waals surface area contributed by atoms with Gasteiger partial charge in [-0.05, 0) is 47.1 Å². The smallest absolute Gasteiger partial charge is 0.104 e. The highest BCUT2D eigenvalue weighted by atomic mass is 15.2. The Morgan fingerprint density at radius 3 is 2.38 bits per heavy atom. The highest BCUT2D eigenvalue weighted by Crippen LogP contribution is 2.23. The van der Waals surface area contributed by atoms with Crippen molar-refractivity contribution in [3.05, 3.63) is 0 Å². The van der Waals surface area contributed by atoms with Crippen LogP contribution in [0.3, 0.4) is 0 Å². The number of hydrogen-bond donors (Lipinski definition) is 1. The first-order valence-corrected chi connectivity index (χ1v) is 6.38. The summed E-state index contributed by atoms with van der Waals surface area (Å²) >= 11 is 0. The molecule has 1 rings (SSSR count). The second-order valence-corrected chi connectivity index (χ2v) is 5.31. The molecule has 0 amide bonds. The van der Waals surface area contributed by atoms with Crippen LogP contribution < -0.4 is 5.32 Å². The number of piperidine rings is 1. The van der Waals surface area contributed by atoms with E-state index in [2.05, 4.69) is 30.1 Å². The second kappa shape index (κ2) is 5.65. The van der Waals surface area contributed by atoms with Crippen molar-refractivity contribution in [1.82, 2.24) is 10.2 Å². The molecule has 0 aromatic rings. The van der Waals surface area contributed by atoms with Gasteiger partial charge in [-0.3, -0.25) is 4.90 Å². The highest BCUT2D eigenvalue weighted by Gasteiger charge is 2.28. The number of nitrogens with one attached hydrogen (secondary N) is 1. The van der Waals surface area contributed by atoms with E-state index in [-0.39, 0.29) is 5.54 Å². The molecule has 0 spiro atoms. The lowest BCUT2D eigenvalue weighted by Crippen LogP contribution is -2.48. The van der Waals surface area contributed by atoms with Gasteiger partial charge in [-0.15, -0.1) is 0 Å². The lowest BCUT2D eigenvalue weighted by Gasteiger charge is -2.40. The van der Waals surface area contributed by atoms with E-state index in [0.717, 1.165) is 13.0 Å². The Morgan fingerprint density at radius 1 is 1.38 bits per heavy atom. The highest BCUT2D eigenvalue weighted by molar-refractivity contribution is 5.03. The van der Waals surface area contributed by atoms with E-state index in [9.17, 15) is 0 Å².